The molecule has 0 spiro atoms. The van der Waals surface area contributed by atoms with Crippen LogP contribution in [0.3, 0.4) is 0 Å². The smallest absolute Gasteiger partial charge is 0.115 e. The van der Waals surface area contributed by atoms with E-state index < -0.39 is 0 Å². The lowest BCUT2D eigenvalue weighted by atomic mass is 10.1. The van der Waals surface area contributed by atoms with E-state index in [9.17, 15) is 5.11 Å². The number of phenols is 1. The molecule has 2 aromatic carbocycles. The van der Waals surface area contributed by atoms with Crippen LogP contribution in [0.15, 0.2) is 46.9 Å². The number of benzene rings is 2. The molecular formula is C17H20BrNO. The van der Waals surface area contributed by atoms with Gasteiger partial charge in [-0.15, -0.1) is 0 Å². The molecule has 106 valence electrons. The van der Waals surface area contributed by atoms with Crippen molar-refractivity contribution in [3.63, 3.8) is 0 Å². The van der Waals surface area contributed by atoms with E-state index in [1.54, 1.807) is 12.1 Å². The number of aryl methyl sites for hydroxylation is 1. The Balaban J connectivity index is 2.04. The van der Waals surface area contributed by atoms with Crippen LogP contribution in [0.5, 0.6) is 5.75 Å². The van der Waals surface area contributed by atoms with Crippen LogP contribution in [0, 0.1) is 0 Å². The second kappa shape index (κ2) is 6.80. The van der Waals surface area contributed by atoms with Crippen molar-refractivity contribution in [2.24, 2.45) is 0 Å². The van der Waals surface area contributed by atoms with Gasteiger partial charge in [0.25, 0.3) is 0 Å². The van der Waals surface area contributed by atoms with E-state index >= 15 is 0 Å². The van der Waals surface area contributed by atoms with Crippen molar-refractivity contribution in [3.8, 4) is 5.75 Å². The zero-order valence-corrected chi connectivity index (χ0v) is 13.4. The lowest BCUT2D eigenvalue weighted by Gasteiger charge is -2.18. The van der Waals surface area contributed by atoms with Gasteiger partial charge >= 0.3 is 0 Å². The quantitative estimate of drug-likeness (QED) is 0.826. The second-order valence-electron chi connectivity index (χ2n) is 5.07. The maximum Gasteiger partial charge on any atom is 0.115 e. The third-order valence-electron chi connectivity index (χ3n) is 3.33. The summed E-state index contributed by atoms with van der Waals surface area (Å²) in [6.07, 6.45) is 1.94. The molecule has 2 aromatic rings. The first-order valence-corrected chi connectivity index (χ1v) is 7.70. The molecule has 0 aliphatic carbocycles. The summed E-state index contributed by atoms with van der Waals surface area (Å²) in [6, 6.07) is 14.1. The van der Waals surface area contributed by atoms with Gasteiger partial charge in [0.15, 0.2) is 0 Å². The van der Waals surface area contributed by atoms with Crippen LogP contribution in [-0.4, -0.2) is 11.1 Å². The molecule has 2 N–H and O–H groups in total. The van der Waals surface area contributed by atoms with Crippen molar-refractivity contribution in [2.75, 3.05) is 5.32 Å². The summed E-state index contributed by atoms with van der Waals surface area (Å²) in [7, 11) is 0. The molecule has 0 aromatic heterocycles. The molecule has 0 aliphatic rings. The molecule has 0 bridgehead atoms. The summed E-state index contributed by atoms with van der Waals surface area (Å²) in [5, 5.41) is 12.9. The standard InChI is InChI=1S/C17H20BrNO/c1-3-14-11-15(18)6-9-17(14)19-12(2)10-13-4-7-16(20)8-5-13/h4-9,11-12,19-20H,3,10H2,1-2H3. The minimum atomic E-state index is 0.315. The van der Waals surface area contributed by atoms with E-state index in [-0.39, 0.29) is 0 Å². The minimum Gasteiger partial charge on any atom is -0.508 e. The second-order valence-corrected chi connectivity index (χ2v) is 5.99. The molecule has 0 aliphatic heterocycles. The van der Waals surface area contributed by atoms with Crippen molar-refractivity contribution in [3.05, 3.63) is 58.1 Å². The van der Waals surface area contributed by atoms with Crippen molar-refractivity contribution >= 4 is 21.6 Å². The summed E-state index contributed by atoms with van der Waals surface area (Å²) in [4.78, 5) is 0. The van der Waals surface area contributed by atoms with Gasteiger partial charge in [-0.3, -0.25) is 0 Å². The number of rotatable bonds is 5. The van der Waals surface area contributed by atoms with Gasteiger partial charge in [-0.1, -0.05) is 35.0 Å². The maximum atomic E-state index is 9.30. The van der Waals surface area contributed by atoms with E-state index in [0.29, 0.717) is 11.8 Å². The molecule has 0 fully saturated rings. The molecule has 3 heteroatoms. The number of halogens is 1. The highest BCUT2D eigenvalue weighted by molar-refractivity contribution is 9.10. The highest BCUT2D eigenvalue weighted by Gasteiger charge is 2.07. The summed E-state index contributed by atoms with van der Waals surface area (Å²) in [5.74, 6) is 0.315. The first-order chi connectivity index (χ1) is 9.58. The van der Waals surface area contributed by atoms with Crippen molar-refractivity contribution in [2.45, 2.75) is 32.7 Å². The first kappa shape index (κ1) is 14.9. The van der Waals surface area contributed by atoms with Gasteiger partial charge in [-0.25, -0.2) is 0 Å². The molecule has 1 atom stereocenters. The highest BCUT2D eigenvalue weighted by Crippen LogP contribution is 2.23. The number of hydrogen-bond acceptors (Lipinski definition) is 2. The third kappa shape index (κ3) is 4.01. The number of phenolic OH excluding ortho intramolecular Hbond substituents is 1. The van der Waals surface area contributed by atoms with Crippen LogP contribution in [0.2, 0.25) is 0 Å². The average molecular weight is 334 g/mol. The summed E-state index contributed by atoms with van der Waals surface area (Å²) < 4.78 is 1.12. The van der Waals surface area contributed by atoms with Crippen LogP contribution in [-0.2, 0) is 12.8 Å². The van der Waals surface area contributed by atoms with Gasteiger partial charge in [-0.05, 0) is 61.2 Å². The normalized spacial score (nSPS) is 12.2. The minimum absolute atomic E-state index is 0.315. The Kier molecular flexibility index (Phi) is 5.07. The number of anilines is 1. The highest BCUT2D eigenvalue weighted by atomic mass is 79.9. The third-order valence-corrected chi connectivity index (χ3v) is 3.82. The van der Waals surface area contributed by atoms with Gasteiger partial charge in [0.05, 0.1) is 0 Å². The average Bonchev–Trinajstić information content (AvgIpc) is 2.43. The van der Waals surface area contributed by atoms with Crippen molar-refractivity contribution in [1.29, 1.82) is 0 Å². The summed E-state index contributed by atoms with van der Waals surface area (Å²) in [6.45, 7) is 4.34. The van der Waals surface area contributed by atoms with Gasteiger partial charge in [0, 0.05) is 16.2 Å². The lowest BCUT2D eigenvalue weighted by molar-refractivity contribution is 0.475. The Morgan fingerprint density at radius 1 is 1.15 bits per heavy atom. The number of nitrogens with one attached hydrogen (secondary N) is 1. The summed E-state index contributed by atoms with van der Waals surface area (Å²) in [5.41, 5.74) is 3.73. The largest absolute Gasteiger partial charge is 0.508 e. The van der Waals surface area contributed by atoms with Crippen molar-refractivity contribution in [1.82, 2.24) is 0 Å². The molecule has 0 heterocycles. The predicted octanol–water partition coefficient (Wildman–Crippen LogP) is 4.76. The Bertz CT molecular complexity index is 566. The number of hydrogen-bond donors (Lipinski definition) is 2. The fraction of sp³-hybridized carbons (Fsp3) is 0.294. The van der Waals surface area contributed by atoms with E-state index in [2.05, 4.69) is 53.3 Å². The molecule has 20 heavy (non-hydrogen) atoms. The van der Waals surface area contributed by atoms with Crippen LogP contribution in [0.4, 0.5) is 5.69 Å². The molecular weight excluding hydrogens is 314 g/mol. The van der Waals surface area contributed by atoms with Gasteiger partial charge in [0.2, 0.25) is 0 Å². The van der Waals surface area contributed by atoms with E-state index in [1.807, 2.05) is 12.1 Å². The molecule has 2 rings (SSSR count). The zero-order chi connectivity index (χ0) is 14.5. The zero-order valence-electron chi connectivity index (χ0n) is 11.9. The van der Waals surface area contributed by atoms with Crippen LogP contribution in [0.25, 0.3) is 0 Å². The Hall–Kier alpha value is -1.48. The molecule has 0 radical (unpaired) electrons. The van der Waals surface area contributed by atoms with E-state index in [1.165, 1.54) is 16.8 Å². The molecule has 1 unspecified atom stereocenters. The van der Waals surface area contributed by atoms with Crippen LogP contribution >= 0.6 is 15.9 Å². The Morgan fingerprint density at radius 2 is 1.85 bits per heavy atom. The Morgan fingerprint density at radius 3 is 2.50 bits per heavy atom. The van der Waals surface area contributed by atoms with E-state index in [4.69, 9.17) is 0 Å². The van der Waals surface area contributed by atoms with Gasteiger partial charge in [0.1, 0.15) is 5.75 Å². The van der Waals surface area contributed by atoms with Crippen LogP contribution in [0.1, 0.15) is 25.0 Å². The monoisotopic (exact) mass is 333 g/mol. The number of aromatic hydroxyl groups is 1. The van der Waals surface area contributed by atoms with Crippen molar-refractivity contribution < 1.29 is 5.11 Å². The van der Waals surface area contributed by atoms with Gasteiger partial charge < -0.3 is 10.4 Å². The maximum absolute atomic E-state index is 9.30. The topological polar surface area (TPSA) is 32.3 Å². The fourth-order valence-electron chi connectivity index (χ4n) is 2.30. The van der Waals surface area contributed by atoms with E-state index in [0.717, 1.165) is 17.3 Å². The summed E-state index contributed by atoms with van der Waals surface area (Å²) >= 11 is 3.51. The first-order valence-electron chi connectivity index (χ1n) is 6.91. The fourth-order valence-corrected chi connectivity index (χ4v) is 2.71. The Labute approximate surface area is 129 Å². The SMILES string of the molecule is CCc1cc(Br)ccc1NC(C)Cc1ccc(O)cc1. The lowest BCUT2D eigenvalue weighted by Crippen LogP contribution is -2.19. The van der Waals surface area contributed by atoms with Crippen LogP contribution < -0.4 is 5.32 Å². The molecule has 0 amide bonds. The molecule has 0 saturated heterocycles. The molecule has 2 nitrogen and oxygen atoms in total. The van der Waals surface area contributed by atoms with Gasteiger partial charge in [-0.2, -0.15) is 0 Å². The molecule has 0 saturated carbocycles. The predicted molar refractivity (Wildman–Crippen MR) is 88.4 cm³/mol.